The third-order valence-corrected chi connectivity index (χ3v) is 4.06. The molecule has 0 aliphatic rings. The Morgan fingerprint density at radius 1 is 1.04 bits per heavy atom. The molecule has 0 saturated heterocycles. The highest BCUT2D eigenvalue weighted by atomic mass is 19.1. The number of H-pyrrole nitrogens is 1. The molecule has 0 aliphatic carbocycles. The molecular weight excluding hydrogens is 331 g/mol. The highest BCUT2D eigenvalue weighted by Gasteiger charge is 2.12. The van der Waals surface area contributed by atoms with Crippen LogP contribution in [0.4, 0.5) is 15.8 Å². The predicted molar refractivity (Wildman–Crippen MR) is 100 cm³/mol. The standard InChI is InChI=1S/C20H15FN4O/c21-14-8-6-13(7-9-14)20(26)25-16-11-18-17(10-15(16)22)23-19(24-18)12-4-2-1-3-5-12/h1-11H,22H2,(H,23,24)(H,25,26). The van der Waals surface area contributed by atoms with Crippen LogP contribution < -0.4 is 11.1 Å². The molecule has 1 heterocycles. The first-order chi connectivity index (χ1) is 12.6. The number of halogens is 1. The lowest BCUT2D eigenvalue weighted by molar-refractivity contribution is 0.102. The van der Waals surface area contributed by atoms with Gasteiger partial charge >= 0.3 is 0 Å². The van der Waals surface area contributed by atoms with Crippen LogP contribution >= 0.6 is 0 Å². The number of nitrogen functional groups attached to an aromatic ring is 1. The van der Waals surface area contributed by atoms with Gasteiger partial charge in [0.2, 0.25) is 0 Å². The minimum Gasteiger partial charge on any atom is -0.397 e. The number of hydrogen-bond acceptors (Lipinski definition) is 3. The summed E-state index contributed by atoms with van der Waals surface area (Å²) in [5, 5.41) is 2.75. The van der Waals surface area contributed by atoms with Crippen LogP contribution in [0.2, 0.25) is 0 Å². The SMILES string of the molecule is Nc1cc2[nH]c(-c3ccccc3)nc2cc1NC(=O)c1ccc(F)cc1. The number of imidazole rings is 1. The molecule has 5 nitrogen and oxygen atoms in total. The molecule has 4 N–H and O–H groups in total. The average Bonchev–Trinajstić information content (AvgIpc) is 3.06. The quantitative estimate of drug-likeness (QED) is 0.486. The Morgan fingerprint density at radius 3 is 2.50 bits per heavy atom. The van der Waals surface area contributed by atoms with E-state index in [4.69, 9.17) is 5.73 Å². The number of hydrogen-bond donors (Lipinski definition) is 3. The summed E-state index contributed by atoms with van der Waals surface area (Å²) in [5.41, 5.74) is 9.70. The number of aromatic amines is 1. The normalized spacial score (nSPS) is 10.8. The molecule has 1 amide bonds. The van der Waals surface area contributed by atoms with Gasteiger partial charge in [-0.2, -0.15) is 0 Å². The van der Waals surface area contributed by atoms with E-state index in [1.807, 2.05) is 30.3 Å². The summed E-state index contributed by atoms with van der Waals surface area (Å²) in [6.45, 7) is 0. The zero-order valence-electron chi connectivity index (χ0n) is 13.7. The fourth-order valence-corrected chi connectivity index (χ4v) is 2.71. The van der Waals surface area contributed by atoms with Crippen molar-refractivity contribution in [2.45, 2.75) is 0 Å². The Kier molecular flexibility index (Phi) is 3.85. The van der Waals surface area contributed by atoms with Gasteiger partial charge < -0.3 is 16.0 Å². The maximum atomic E-state index is 13.0. The van der Waals surface area contributed by atoms with E-state index in [0.29, 0.717) is 22.5 Å². The fraction of sp³-hybridized carbons (Fsp3) is 0. The van der Waals surface area contributed by atoms with Crippen molar-refractivity contribution in [2.75, 3.05) is 11.1 Å². The molecule has 0 unspecified atom stereocenters. The molecule has 0 spiro atoms. The Bertz CT molecular complexity index is 1090. The lowest BCUT2D eigenvalue weighted by Crippen LogP contribution is -2.13. The number of carbonyl (C=O) groups excluding carboxylic acids is 1. The van der Waals surface area contributed by atoms with E-state index in [1.165, 1.54) is 24.3 Å². The first kappa shape index (κ1) is 15.8. The number of nitrogens with one attached hydrogen (secondary N) is 2. The van der Waals surface area contributed by atoms with Crippen LogP contribution in [0.15, 0.2) is 66.7 Å². The number of rotatable bonds is 3. The van der Waals surface area contributed by atoms with E-state index >= 15 is 0 Å². The summed E-state index contributed by atoms with van der Waals surface area (Å²) in [7, 11) is 0. The molecule has 4 aromatic rings. The van der Waals surface area contributed by atoms with E-state index in [0.717, 1.165) is 16.9 Å². The van der Waals surface area contributed by atoms with Crippen LogP contribution in [-0.2, 0) is 0 Å². The van der Waals surface area contributed by atoms with Crippen LogP contribution in [0.3, 0.4) is 0 Å². The van der Waals surface area contributed by atoms with E-state index < -0.39 is 5.82 Å². The van der Waals surface area contributed by atoms with Gasteiger partial charge in [0.05, 0.1) is 22.4 Å². The van der Waals surface area contributed by atoms with Gasteiger partial charge in [-0.3, -0.25) is 4.79 Å². The lowest BCUT2D eigenvalue weighted by Gasteiger charge is -2.08. The van der Waals surface area contributed by atoms with Gasteiger partial charge in [-0.1, -0.05) is 30.3 Å². The van der Waals surface area contributed by atoms with Gasteiger partial charge in [-0.15, -0.1) is 0 Å². The highest BCUT2D eigenvalue weighted by Crippen LogP contribution is 2.28. The molecule has 0 radical (unpaired) electrons. The summed E-state index contributed by atoms with van der Waals surface area (Å²) in [5.74, 6) is -0.0377. The molecule has 0 fully saturated rings. The summed E-state index contributed by atoms with van der Waals surface area (Å²) < 4.78 is 13.0. The van der Waals surface area contributed by atoms with Crippen LogP contribution in [0.25, 0.3) is 22.4 Å². The lowest BCUT2D eigenvalue weighted by atomic mass is 10.2. The first-order valence-corrected chi connectivity index (χ1v) is 8.02. The molecule has 0 atom stereocenters. The van der Waals surface area contributed by atoms with Gasteiger partial charge in [0.25, 0.3) is 5.91 Å². The number of nitrogens with two attached hydrogens (primary N) is 1. The molecule has 128 valence electrons. The number of anilines is 2. The van der Waals surface area contributed by atoms with E-state index in [1.54, 1.807) is 12.1 Å². The Morgan fingerprint density at radius 2 is 1.77 bits per heavy atom. The first-order valence-electron chi connectivity index (χ1n) is 8.02. The number of carbonyl (C=O) groups is 1. The molecule has 0 aliphatic heterocycles. The number of benzene rings is 3. The van der Waals surface area contributed by atoms with Crippen molar-refractivity contribution in [1.29, 1.82) is 0 Å². The predicted octanol–water partition coefficient (Wildman–Crippen LogP) is 4.20. The zero-order valence-corrected chi connectivity index (χ0v) is 13.7. The van der Waals surface area contributed by atoms with Crippen molar-refractivity contribution >= 4 is 28.3 Å². The Hall–Kier alpha value is -3.67. The number of fused-ring (bicyclic) bond motifs is 1. The molecular formula is C20H15FN4O. The highest BCUT2D eigenvalue weighted by molar-refractivity contribution is 6.07. The van der Waals surface area contributed by atoms with E-state index in [9.17, 15) is 9.18 Å². The van der Waals surface area contributed by atoms with E-state index in [-0.39, 0.29) is 5.91 Å². The van der Waals surface area contributed by atoms with Crippen molar-refractivity contribution in [3.05, 3.63) is 78.1 Å². The van der Waals surface area contributed by atoms with Crippen molar-refractivity contribution in [3.8, 4) is 11.4 Å². The van der Waals surface area contributed by atoms with Crippen LogP contribution in [0.5, 0.6) is 0 Å². The molecule has 0 bridgehead atoms. The zero-order chi connectivity index (χ0) is 18.1. The van der Waals surface area contributed by atoms with Gasteiger partial charge in [0.1, 0.15) is 11.6 Å². The van der Waals surface area contributed by atoms with Gasteiger partial charge in [0.15, 0.2) is 0 Å². The second-order valence-corrected chi connectivity index (χ2v) is 5.87. The Balaban J connectivity index is 1.66. The van der Waals surface area contributed by atoms with Gasteiger partial charge in [0, 0.05) is 11.1 Å². The third-order valence-electron chi connectivity index (χ3n) is 4.06. The summed E-state index contributed by atoms with van der Waals surface area (Å²) in [4.78, 5) is 20.1. The molecule has 1 aromatic heterocycles. The largest absolute Gasteiger partial charge is 0.397 e. The van der Waals surface area contributed by atoms with E-state index in [2.05, 4.69) is 15.3 Å². The molecule has 0 saturated carbocycles. The van der Waals surface area contributed by atoms with Crippen molar-refractivity contribution in [1.82, 2.24) is 9.97 Å². The fourth-order valence-electron chi connectivity index (χ4n) is 2.71. The maximum absolute atomic E-state index is 13.0. The summed E-state index contributed by atoms with van der Waals surface area (Å²) in [6.07, 6.45) is 0. The van der Waals surface area contributed by atoms with Crippen LogP contribution in [0, 0.1) is 5.82 Å². The van der Waals surface area contributed by atoms with Crippen LogP contribution in [0.1, 0.15) is 10.4 Å². The third kappa shape index (κ3) is 3.00. The Labute approximate surface area is 148 Å². The molecule has 6 heteroatoms. The molecule has 3 aromatic carbocycles. The second kappa shape index (κ2) is 6.33. The maximum Gasteiger partial charge on any atom is 0.255 e. The summed E-state index contributed by atoms with van der Waals surface area (Å²) in [6, 6.07) is 18.5. The summed E-state index contributed by atoms with van der Waals surface area (Å²) >= 11 is 0. The monoisotopic (exact) mass is 346 g/mol. The van der Waals surface area contributed by atoms with Gasteiger partial charge in [-0.05, 0) is 36.4 Å². The minimum absolute atomic E-state index is 0.345. The van der Waals surface area contributed by atoms with Gasteiger partial charge in [-0.25, -0.2) is 9.37 Å². The number of amides is 1. The minimum atomic E-state index is -0.396. The smallest absolute Gasteiger partial charge is 0.255 e. The molecule has 26 heavy (non-hydrogen) atoms. The van der Waals surface area contributed by atoms with Crippen LogP contribution in [-0.4, -0.2) is 15.9 Å². The number of nitrogens with zero attached hydrogens (tertiary/aromatic N) is 1. The number of aromatic nitrogens is 2. The van der Waals surface area contributed by atoms with Crippen molar-refractivity contribution < 1.29 is 9.18 Å². The topological polar surface area (TPSA) is 83.8 Å². The van der Waals surface area contributed by atoms with Crippen molar-refractivity contribution in [3.63, 3.8) is 0 Å². The molecule has 4 rings (SSSR count). The second-order valence-electron chi connectivity index (χ2n) is 5.87. The average molecular weight is 346 g/mol. The van der Waals surface area contributed by atoms with Crippen molar-refractivity contribution in [2.24, 2.45) is 0 Å².